The molecule has 5 nitrogen and oxygen atoms in total. The Morgan fingerprint density at radius 1 is 1.33 bits per heavy atom. The number of rotatable bonds is 5. The number of hydrogen-bond donors (Lipinski definition) is 2. The molecule has 0 radical (unpaired) electrons. The van der Waals surface area contributed by atoms with E-state index in [-0.39, 0.29) is 6.04 Å². The topological polar surface area (TPSA) is 65.1 Å². The summed E-state index contributed by atoms with van der Waals surface area (Å²) in [6, 6.07) is 9.94. The van der Waals surface area contributed by atoms with Crippen molar-refractivity contribution in [3.05, 3.63) is 47.8 Å². The van der Waals surface area contributed by atoms with E-state index in [9.17, 15) is 0 Å². The molecule has 0 saturated carbocycles. The molecular formula is C13H18N4O. The number of aromatic nitrogens is 2. The maximum Gasteiger partial charge on any atom is 0.118 e. The van der Waals surface area contributed by atoms with Crippen LogP contribution in [0.3, 0.4) is 0 Å². The molecule has 1 heterocycles. The van der Waals surface area contributed by atoms with E-state index in [2.05, 4.69) is 10.5 Å². The van der Waals surface area contributed by atoms with E-state index in [1.807, 2.05) is 43.6 Å². The molecule has 1 aromatic heterocycles. The summed E-state index contributed by atoms with van der Waals surface area (Å²) in [6.45, 7) is 0. The fraction of sp³-hybridized carbons (Fsp3) is 0.308. The molecule has 18 heavy (non-hydrogen) atoms. The summed E-state index contributed by atoms with van der Waals surface area (Å²) in [7, 11) is 3.55. The van der Waals surface area contributed by atoms with Crippen LogP contribution >= 0.6 is 0 Å². The lowest BCUT2D eigenvalue weighted by atomic mass is 10.0. The van der Waals surface area contributed by atoms with E-state index in [0.29, 0.717) is 0 Å². The van der Waals surface area contributed by atoms with Gasteiger partial charge in [0.25, 0.3) is 0 Å². The van der Waals surface area contributed by atoms with Gasteiger partial charge >= 0.3 is 0 Å². The summed E-state index contributed by atoms with van der Waals surface area (Å²) in [6.07, 6.45) is 2.70. The molecule has 5 heteroatoms. The van der Waals surface area contributed by atoms with Crippen molar-refractivity contribution in [1.29, 1.82) is 0 Å². The first kappa shape index (κ1) is 12.6. The van der Waals surface area contributed by atoms with Crippen LogP contribution in [-0.4, -0.2) is 16.9 Å². The molecule has 0 spiro atoms. The van der Waals surface area contributed by atoms with Gasteiger partial charge in [-0.2, -0.15) is 5.10 Å². The summed E-state index contributed by atoms with van der Waals surface area (Å²) in [5, 5.41) is 4.36. The minimum Gasteiger partial charge on any atom is -0.497 e. The van der Waals surface area contributed by atoms with Gasteiger partial charge in [0.05, 0.1) is 18.8 Å². The molecule has 96 valence electrons. The fourth-order valence-corrected chi connectivity index (χ4v) is 1.87. The SMILES string of the molecule is COc1ccc(CC(NN)c2ccn(C)n2)cc1. The Morgan fingerprint density at radius 3 is 2.56 bits per heavy atom. The number of benzene rings is 1. The molecule has 0 saturated heterocycles. The van der Waals surface area contributed by atoms with Gasteiger partial charge in [-0.25, -0.2) is 0 Å². The summed E-state index contributed by atoms with van der Waals surface area (Å²) in [4.78, 5) is 0. The lowest BCUT2D eigenvalue weighted by Gasteiger charge is -2.13. The molecule has 2 rings (SSSR count). The number of ether oxygens (including phenoxy) is 1. The molecule has 0 aliphatic rings. The number of nitrogens with two attached hydrogens (primary N) is 1. The zero-order chi connectivity index (χ0) is 13.0. The van der Waals surface area contributed by atoms with Crippen molar-refractivity contribution in [3.63, 3.8) is 0 Å². The number of nitrogens with zero attached hydrogens (tertiary/aromatic N) is 2. The van der Waals surface area contributed by atoms with E-state index in [0.717, 1.165) is 17.9 Å². The van der Waals surface area contributed by atoms with Crippen molar-refractivity contribution >= 4 is 0 Å². The Labute approximate surface area is 107 Å². The average Bonchev–Trinajstić information content (AvgIpc) is 2.83. The largest absolute Gasteiger partial charge is 0.497 e. The fourth-order valence-electron chi connectivity index (χ4n) is 1.87. The summed E-state index contributed by atoms with van der Waals surface area (Å²) >= 11 is 0. The van der Waals surface area contributed by atoms with Crippen molar-refractivity contribution < 1.29 is 4.74 Å². The maximum absolute atomic E-state index is 5.59. The standard InChI is InChI=1S/C13H18N4O/c1-17-8-7-12(16-17)13(15-14)9-10-3-5-11(18-2)6-4-10/h3-8,13,15H,9,14H2,1-2H3. The van der Waals surface area contributed by atoms with Gasteiger partial charge in [0.2, 0.25) is 0 Å². The predicted octanol–water partition coefficient (Wildman–Crippen LogP) is 1.18. The van der Waals surface area contributed by atoms with Gasteiger partial charge in [-0.3, -0.25) is 16.0 Å². The van der Waals surface area contributed by atoms with Crippen LogP contribution in [0.25, 0.3) is 0 Å². The van der Waals surface area contributed by atoms with Gasteiger partial charge in [-0.05, 0) is 30.2 Å². The number of aryl methyl sites for hydroxylation is 1. The van der Waals surface area contributed by atoms with E-state index in [1.165, 1.54) is 5.56 Å². The van der Waals surface area contributed by atoms with Gasteiger partial charge < -0.3 is 4.74 Å². The van der Waals surface area contributed by atoms with Crippen LogP contribution < -0.4 is 16.0 Å². The first-order valence-corrected chi connectivity index (χ1v) is 5.81. The molecule has 3 N–H and O–H groups in total. The Bertz CT molecular complexity index is 492. The monoisotopic (exact) mass is 246 g/mol. The van der Waals surface area contributed by atoms with Crippen LogP contribution in [0.15, 0.2) is 36.5 Å². The van der Waals surface area contributed by atoms with Crippen LogP contribution in [0.1, 0.15) is 17.3 Å². The van der Waals surface area contributed by atoms with Crippen LogP contribution in [0.2, 0.25) is 0 Å². The quantitative estimate of drug-likeness (QED) is 0.614. The normalized spacial score (nSPS) is 12.4. The van der Waals surface area contributed by atoms with Crippen LogP contribution in [-0.2, 0) is 13.5 Å². The van der Waals surface area contributed by atoms with Gasteiger partial charge in [-0.1, -0.05) is 12.1 Å². The van der Waals surface area contributed by atoms with Gasteiger partial charge in [-0.15, -0.1) is 0 Å². The summed E-state index contributed by atoms with van der Waals surface area (Å²) in [5.74, 6) is 6.45. The molecule has 1 aromatic carbocycles. The van der Waals surface area contributed by atoms with E-state index < -0.39 is 0 Å². The summed E-state index contributed by atoms with van der Waals surface area (Å²) in [5.41, 5.74) is 4.93. The molecule has 1 atom stereocenters. The first-order valence-electron chi connectivity index (χ1n) is 5.81. The van der Waals surface area contributed by atoms with Gasteiger partial charge in [0, 0.05) is 13.2 Å². The first-order chi connectivity index (χ1) is 8.72. The third kappa shape index (κ3) is 2.88. The maximum atomic E-state index is 5.59. The van der Waals surface area contributed by atoms with Gasteiger partial charge in [0.15, 0.2) is 0 Å². The molecule has 0 aliphatic carbocycles. The predicted molar refractivity (Wildman–Crippen MR) is 70.0 cm³/mol. The number of methoxy groups -OCH3 is 1. The molecule has 0 aliphatic heterocycles. The van der Waals surface area contributed by atoms with Gasteiger partial charge in [0.1, 0.15) is 5.75 Å². The lowest BCUT2D eigenvalue weighted by Crippen LogP contribution is -2.30. The minimum absolute atomic E-state index is 0.0135. The smallest absolute Gasteiger partial charge is 0.118 e. The Balaban J connectivity index is 2.10. The number of hydrogen-bond acceptors (Lipinski definition) is 4. The van der Waals surface area contributed by atoms with Crippen molar-refractivity contribution in [2.75, 3.05) is 7.11 Å². The highest BCUT2D eigenvalue weighted by Gasteiger charge is 2.13. The molecular weight excluding hydrogens is 228 g/mol. The number of hydrazine groups is 1. The van der Waals surface area contributed by atoms with Crippen LogP contribution in [0, 0.1) is 0 Å². The highest BCUT2D eigenvalue weighted by Crippen LogP contribution is 2.18. The zero-order valence-corrected chi connectivity index (χ0v) is 10.6. The summed E-state index contributed by atoms with van der Waals surface area (Å²) < 4.78 is 6.90. The number of nitrogens with one attached hydrogen (secondary N) is 1. The highest BCUT2D eigenvalue weighted by atomic mass is 16.5. The van der Waals surface area contributed by atoms with Crippen molar-refractivity contribution in [1.82, 2.24) is 15.2 Å². The van der Waals surface area contributed by atoms with Crippen molar-refractivity contribution in [2.45, 2.75) is 12.5 Å². The molecule has 0 fully saturated rings. The average molecular weight is 246 g/mol. The van der Waals surface area contributed by atoms with E-state index >= 15 is 0 Å². The molecule has 0 amide bonds. The third-order valence-corrected chi connectivity index (χ3v) is 2.89. The lowest BCUT2D eigenvalue weighted by molar-refractivity contribution is 0.414. The highest BCUT2D eigenvalue weighted by molar-refractivity contribution is 5.28. The molecule has 1 unspecified atom stereocenters. The van der Waals surface area contributed by atoms with Crippen molar-refractivity contribution in [3.8, 4) is 5.75 Å². The van der Waals surface area contributed by atoms with Crippen LogP contribution in [0.4, 0.5) is 0 Å². The molecule has 2 aromatic rings. The van der Waals surface area contributed by atoms with E-state index in [4.69, 9.17) is 10.6 Å². The Hall–Kier alpha value is -1.85. The van der Waals surface area contributed by atoms with Crippen LogP contribution in [0.5, 0.6) is 5.75 Å². The van der Waals surface area contributed by atoms with Crippen molar-refractivity contribution in [2.24, 2.45) is 12.9 Å². The Kier molecular flexibility index (Phi) is 3.96. The second-order valence-electron chi connectivity index (χ2n) is 4.19. The zero-order valence-electron chi connectivity index (χ0n) is 10.6. The second kappa shape index (κ2) is 5.66. The Morgan fingerprint density at radius 2 is 2.06 bits per heavy atom. The minimum atomic E-state index is 0.0135. The second-order valence-corrected chi connectivity index (χ2v) is 4.19. The molecule has 0 bridgehead atoms. The van der Waals surface area contributed by atoms with E-state index in [1.54, 1.807) is 11.8 Å². The third-order valence-electron chi connectivity index (χ3n) is 2.89.